The second-order valence-corrected chi connectivity index (χ2v) is 7.02. The van der Waals surface area contributed by atoms with Crippen LogP contribution in [0.5, 0.6) is 0 Å². The highest BCUT2D eigenvalue weighted by Crippen LogP contribution is 2.42. The van der Waals surface area contributed by atoms with Crippen molar-refractivity contribution in [1.82, 2.24) is 0 Å². The van der Waals surface area contributed by atoms with E-state index >= 15 is 0 Å². The molecular formula is C24H19NO3. The number of nitrogens with one attached hydrogen (secondary N) is 1. The van der Waals surface area contributed by atoms with Gasteiger partial charge in [-0.05, 0) is 24.1 Å². The van der Waals surface area contributed by atoms with E-state index < -0.39 is 5.41 Å². The molecule has 0 saturated carbocycles. The quantitative estimate of drug-likeness (QED) is 0.696. The third kappa shape index (κ3) is 2.74. The molecule has 1 N–H and O–H groups in total. The molecule has 138 valence electrons. The molecule has 0 heterocycles. The van der Waals surface area contributed by atoms with E-state index in [9.17, 15) is 14.4 Å². The van der Waals surface area contributed by atoms with Crippen molar-refractivity contribution in [3.8, 4) is 0 Å². The Labute approximate surface area is 163 Å². The van der Waals surface area contributed by atoms with Crippen LogP contribution < -0.4 is 5.32 Å². The van der Waals surface area contributed by atoms with Gasteiger partial charge in [0, 0.05) is 16.8 Å². The fourth-order valence-corrected chi connectivity index (χ4v) is 3.84. The molecule has 0 atom stereocenters. The highest BCUT2D eigenvalue weighted by molar-refractivity contribution is 6.34. The Morgan fingerprint density at radius 3 is 1.93 bits per heavy atom. The molecule has 4 heteroatoms. The van der Waals surface area contributed by atoms with Gasteiger partial charge in [0.15, 0.2) is 11.6 Å². The van der Waals surface area contributed by atoms with Gasteiger partial charge in [0.25, 0.3) is 0 Å². The Kier molecular flexibility index (Phi) is 4.40. The zero-order chi connectivity index (χ0) is 19.7. The molecule has 1 aliphatic carbocycles. The van der Waals surface area contributed by atoms with Crippen LogP contribution >= 0.6 is 0 Å². The Morgan fingerprint density at radius 2 is 1.32 bits per heavy atom. The normalized spacial score (nSPS) is 14.6. The number of aryl methyl sites for hydroxylation is 1. The fraction of sp³-hybridized carbons (Fsp3) is 0.125. The van der Waals surface area contributed by atoms with Gasteiger partial charge in [-0.2, -0.15) is 0 Å². The molecule has 4 nitrogen and oxygen atoms in total. The molecule has 1 aliphatic rings. The Bertz CT molecular complexity index is 1050. The highest BCUT2D eigenvalue weighted by Gasteiger charge is 2.55. The molecule has 0 radical (unpaired) electrons. The highest BCUT2D eigenvalue weighted by atomic mass is 16.2. The van der Waals surface area contributed by atoms with Gasteiger partial charge < -0.3 is 5.32 Å². The van der Waals surface area contributed by atoms with Gasteiger partial charge in [-0.25, -0.2) is 0 Å². The van der Waals surface area contributed by atoms with Gasteiger partial charge in [-0.1, -0.05) is 72.8 Å². The summed E-state index contributed by atoms with van der Waals surface area (Å²) in [6, 6.07) is 23.0. The number of benzene rings is 3. The van der Waals surface area contributed by atoms with Crippen LogP contribution in [-0.2, 0) is 10.2 Å². The Hall–Kier alpha value is -3.53. The number of ketones is 2. The maximum absolute atomic E-state index is 13.4. The summed E-state index contributed by atoms with van der Waals surface area (Å²) in [6.07, 6.45) is -0.238. The number of amides is 1. The summed E-state index contributed by atoms with van der Waals surface area (Å²) in [6.45, 7) is 1.89. The summed E-state index contributed by atoms with van der Waals surface area (Å²) in [5.74, 6) is -1.01. The lowest BCUT2D eigenvalue weighted by atomic mass is 9.73. The minimum absolute atomic E-state index is 0.238. The van der Waals surface area contributed by atoms with Crippen LogP contribution in [0.3, 0.4) is 0 Å². The monoisotopic (exact) mass is 369 g/mol. The molecule has 28 heavy (non-hydrogen) atoms. The molecule has 3 aromatic rings. The standard InChI is InChI=1S/C24H19NO3/c1-16-9-5-8-14-20(16)25-21(26)15-24(17-10-3-2-4-11-17)22(27)18-12-6-7-13-19(18)23(24)28/h2-14H,15H2,1H3,(H,25,26). The zero-order valence-corrected chi connectivity index (χ0v) is 15.4. The lowest BCUT2D eigenvalue weighted by Gasteiger charge is -2.26. The second kappa shape index (κ2) is 6.89. The molecular weight excluding hydrogens is 350 g/mol. The summed E-state index contributed by atoms with van der Waals surface area (Å²) < 4.78 is 0. The van der Waals surface area contributed by atoms with Crippen LogP contribution in [0.1, 0.15) is 38.3 Å². The SMILES string of the molecule is Cc1ccccc1NC(=O)CC1(c2ccccc2)C(=O)c2ccccc2C1=O. The summed E-state index contributed by atoms with van der Waals surface area (Å²) >= 11 is 0. The minimum Gasteiger partial charge on any atom is -0.326 e. The fourth-order valence-electron chi connectivity index (χ4n) is 3.84. The van der Waals surface area contributed by atoms with Gasteiger partial charge in [0.1, 0.15) is 5.41 Å². The van der Waals surface area contributed by atoms with E-state index in [1.54, 1.807) is 54.6 Å². The maximum atomic E-state index is 13.4. The van der Waals surface area contributed by atoms with E-state index in [1.165, 1.54) is 0 Å². The summed E-state index contributed by atoms with van der Waals surface area (Å²) in [5.41, 5.74) is 1.35. The average Bonchev–Trinajstić information content (AvgIpc) is 2.93. The predicted molar refractivity (Wildman–Crippen MR) is 108 cm³/mol. The zero-order valence-electron chi connectivity index (χ0n) is 15.4. The number of rotatable bonds is 4. The molecule has 0 saturated heterocycles. The number of hydrogen-bond acceptors (Lipinski definition) is 3. The Balaban J connectivity index is 1.76. The smallest absolute Gasteiger partial charge is 0.226 e. The number of para-hydroxylation sites is 1. The number of carbonyl (C=O) groups is 3. The molecule has 0 bridgehead atoms. The van der Waals surface area contributed by atoms with E-state index in [2.05, 4.69) is 5.32 Å². The van der Waals surface area contributed by atoms with Crippen LogP contribution in [0.15, 0.2) is 78.9 Å². The van der Waals surface area contributed by atoms with Crippen LogP contribution in [-0.4, -0.2) is 17.5 Å². The molecule has 0 aromatic heterocycles. The van der Waals surface area contributed by atoms with Crippen molar-refractivity contribution in [3.63, 3.8) is 0 Å². The summed E-state index contributed by atoms with van der Waals surface area (Å²) in [7, 11) is 0. The van der Waals surface area contributed by atoms with Gasteiger partial charge >= 0.3 is 0 Å². The van der Waals surface area contributed by atoms with E-state index in [0.29, 0.717) is 22.4 Å². The first-order valence-electron chi connectivity index (χ1n) is 9.13. The first kappa shape index (κ1) is 17.9. The van der Waals surface area contributed by atoms with Gasteiger partial charge in [0.05, 0.1) is 6.42 Å². The van der Waals surface area contributed by atoms with Crippen molar-refractivity contribution in [2.75, 3.05) is 5.32 Å². The van der Waals surface area contributed by atoms with Crippen molar-refractivity contribution in [1.29, 1.82) is 0 Å². The molecule has 0 unspecified atom stereocenters. The third-order valence-electron chi connectivity index (χ3n) is 5.30. The van der Waals surface area contributed by atoms with Gasteiger partial charge in [0.2, 0.25) is 5.91 Å². The number of carbonyl (C=O) groups excluding carboxylic acids is 3. The topological polar surface area (TPSA) is 63.2 Å². The van der Waals surface area contributed by atoms with E-state index in [-0.39, 0.29) is 23.9 Å². The minimum atomic E-state index is -1.53. The van der Waals surface area contributed by atoms with Crippen LogP contribution in [0.2, 0.25) is 0 Å². The van der Waals surface area contributed by atoms with E-state index in [0.717, 1.165) is 5.56 Å². The largest absolute Gasteiger partial charge is 0.326 e. The molecule has 0 spiro atoms. The maximum Gasteiger partial charge on any atom is 0.226 e. The molecule has 3 aromatic carbocycles. The predicted octanol–water partition coefficient (Wildman–Crippen LogP) is 4.34. The Morgan fingerprint density at radius 1 is 0.786 bits per heavy atom. The first-order chi connectivity index (χ1) is 13.5. The first-order valence-corrected chi connectivity index (χ1v) is 9.13. The van der Waals surface area contributed by atoms with Crippen LogP contribution in [0.25, 0.3) is 0 Å². The lowest BCUT2D eigenvalue weighted by molar-refractivity contribution is -0.116. The molecule has 0 aliphatic heterocycles. The van der Waals surface area contributed by atoms with E-state index in [4.69, 9.17) is 0 Å². The number of Topliss-reactive ketones (excluding diaryl/α,β-unsaturated/α-hetero) is 2. The average molecular weight is 369 g/mol. The lowest BCUT2D eigenvalue weighted by Crippen LogP contribution is -2.42. The summed E-state index contributed by atoms with van der Waals surface area (Å²) in [4.78, 5) is 39.7. The van der Waals surface area contributed by atoms with Crippen molar-refractivity contribution in [2.45, 2.75) is 18.8 Å². The van der Waals surface area contributed by atoms with Gasteiger partial charge in [-0.15, -0.1) is 0 Å². The van der Waals surface area contributed by atoms with Crippen molar-refractivity contribution in [2.24, 2.45) is 0 Å². The van der Waals surface area contributed by atoms with Crippen molar-refractivity contribution in [3.05, 3.63) is 101 Å². The van der Waals surface area contributed by atoms with Crippen LogP contribution in [0, 0.1) is 6.92 Å². The van der Waals surface area contributed by atoms with Gasteiger partial charge in [-0.3, -0.25) is 14.4 Å². The van der Waals surface area contributed by atoms with Crippen molar-refractivity contribution >= 4 is 23.2 Å². The van der Waals surface area contributed by atoms with Crippen LogP contribution in [0.4, 0.5) is 5.69 Å². The third-order valence-corrected chi connectivity index (χ3v) is 5.30. The van der Waals surface area contributed by atoms with Crippen molar-refractivity contribution < 1.29 is 14.4 Å². The van der Waals surface area contributed by atoms with E-state index in [1.807, 2.05) is 31.2 Å². The number of hydrogen-bond donors (Lipinski definition) is 1. The number of anilines is 1. The molecule has 1 amide bonds. The summed E-state index contributed by atoms with van der Waals surface area (Å²) in [5, 5.41) is 2.86. The molecule has 0 fully saturated rings. The second-order valence-electron chi connectivity index (χ2n) is 7.02. The molecule has 4 rings (SSSR count). The number of fused-ring (bicyclic) bond motifs is 1.